The van der Waals surface area contributed by atoms with Gasteiger partial charge in [-0.25, -0.2) is 0 Å². The van der Waals surface area contributed by atoms with Gasteiger partial charge in [0, 0.05) is 11.4 Å². The molecule has 0 aliphatic carbocycles. The van der Waals surface area contributed by atoms with Crippen LogP contribution in [0.5, 0.6) is 0 Å². The fourth-order valence-corrected chi connectivity index (χ4v) is 2.44. The van der Waals surface area contributed by atoms with Gasteiger partial charge in [0.15, 0.2) is 11.5 Å². The highest BCUT2D eigenvalue weighted by atomic mass is 16.1. The molecule has 1 amide bonds. The number of nitrogens with one attached hydrogen (secondary N) is 2. The summed E-state index contributed by atoms with van der Waals surface area (Å²) in [5.74, 6) is 0.321. The van der Waals surface area contributed by atoms with Crippen molar-refractivity contribution in [3.05, 3.63) is 77.0 Å². The van der Waals surface area contributed by atoms with Crippen LogP contribution < -0.4 is 10.6 Å². The van der Waals surface area contributed by atoms with E-state index in [9.17, 15) is 4.79 Å². The van der Waals surface area contributed by atoms with E-state index in [-0.39, 0.29) is 11.6 Å². The number of carbonyl (C=O) groups is 1. The Morgan fingerprint density at radius 2 is 1.52 bits per heavy atom. The summed E-state index contributed by atoms with van der Waals surface area (Å²) in [6.07, 6.45) is 0. The lowest BCUT2D eigenvalue weighted by atomic mass is 10.1. The molecule has 0 saturated heterocycles. The van der Waals surface area contributed by atoms with Crippen LogP contribution >= 0.6 is 0 Å². The van der Waals surface area contributed by atoms with E-state index >= 15 is 0 Å². The Morgan fingerprint density at radius 3 is 2.24 bits per heavy atom. The predicted octanol–water partition coefficient (Wildman–Crippen LogP) is 4.40. The van der Waals surface area contributed by atoms with Crippen LogP contribution in [-0.4, -0.2) is 16.1 Å². The molecular weight excluding hydrogens is 312 g/mol. The smallest absolute Gasteiger partial charge is 0.276 e. The third-order valence-electron chi connectivity index (χ3n) is 4.16. The molecular formula is C20H20N4O. The zero-order valence-corrected chi connectivity index (χ0v) is 14.5. The highest BCUT2D eigenvalue weighted by Gasteiger charge is 2.11. The number of nitrogens with zero attached hydrogens (tertiary/aromatic N) is 2. The summed E-state index contributed by atoms with van der Waals surface area (Å²) < 4.78 is 0. The minimum atomic E-state index is -0.274. The summed E-state index contributed by atoms with van der Waals surface area (Å²) in [6, 6.07) is 17.1. The fourth-order valence-electron chi connectivity index (χ4n) is 2.44. The van der Waals surface area contributed by atoms with Crippen molar-refractivity contribution in [3.8, 4) is 0 Å². The molecule has 2 N–H and O–H groups in total. The number of aryl methyl sites for hydroxylation is 2. The van der Waals surface area contributed by atoms with E-state index in [0.717, 1.165) is 28.1 Å². The maximum atomic E-state index is 12.4. The van der Waals surface area contributed by atoms with Crippen molar-refractivity contribution in [2.75, 3.05) is 10.6 Å². The number of rotatable bonds is 4. The molecule has 0 radical (unpaired) electrons. The molecule has 0 aliphatic rings. The van der Waals surface area contributed by atoms with Gasteiger partial charge in [0.2, 0.25) is 0 Å². The van der Waals surface area contributed by atoms with E-state index in [2.05, 4.69) is 20.8 Å². The molecule has 2 aromatic carbocycles. The lowest BCUT2D eigenvalue weighted by Crippen LogP contribution is -2.15. The molecule has 0 saturated carbocycles. The van der Waals surface area contributed by atoms with Gasteiger partial charge in [-0.1, -0.05) is 30.3 Å². The summed E-state index contributed by atoms with van der Waals surface area (Å²) in [5, 5.41) is 14.2. The van der Waals surface area contributed by atoms with Crippen molar-refractivity contribution in [1.82, 2.24) is 10.2 Å². The highest BCUT2D eigenvalue weighted by Crippen LogP contribution is 2.20. The van der Waals surface area contributed by atoms with Crippen LogP contribution in [0.25, 0.3) is 0 Å². The predicted molar refractivity (Wildman–Crippen MR) is 100 cm³/mol. The van der Waals surface area contributed by atoms with E-state index in [0.29, 0.717) is 5.82 Å². The number of benzene rings is 2. The van der Waals surface area contributed by atoms with Crippen molar-refractivity contribution in [3.63, 3.8) is 0 Å². The molecule has 126 valence electrons. The standard InChI is InChI=1S/C20H20N4O/c1-13-8-6-10-17(15(13)3)22-20(25)18-11-12-19(24-23-18)21-16-9-5-4-7-14(16)2/h4-12H,1-3H3,(H,21,24)(H,22,25). The van der Waals surface area contributed by atoms with Gasteiger partial charge < -0.3 is 10.6 Å². The Morgan fingerprint density at radius 1 is 0.800 bits per heavy atom. The Bertz CT molecular complexity index is 904. The maximum Gasteiger partial charge on any atom is 0.276 e. The topological polar surface area (TPSA) is 66.9 Å². The van der Waals surface area contributed by atoms with Crippen LogP contribution in [0.1, 0.15) is 27.2 Å². The second-order valence-corrected chi connectivity index (χ2v) is 5.95. The van der Waals surface area contributed by atoms with Crippen LogP contribution in [0, 0.1) is 20.8 Å². The first kappa shape index (κ1) is 16.6. The summed E-state index contributed by atoms with van der Waals surface area (Å²) in [5.41, 5.74) is 5.30. The normalized spacial score (nSPS) is 10.4. The number of aromatic nitrogens is 2. The third kappa shape index (κ3) is 3.83. The first-order valence-corrected chi connectivity index (χ1v) is 8.08. The second kappa shape index (κ2) is 7.13. The monoisotopic (exact) mass is 332 g/mol. The zero-order chi connectivity index (χ0) is 17.8. The lowest BCUT2D eigenvalue weighted by molar-refractivity contribution is 0.102. The molecule has 5 heteroatoms. The van der Waals surface area contributed by atoms with Gasteiger partial charge in [0.25, 0.3) is 5.91 Å². The molecule has 0 fully saturated rings. The number of anilines is 3. The van der Waals surface area contributed by atoms with E-state index in [1.165, 1.54) is 0 Å². The van der Waals surface area contributed by atoms with Gasteiger partial charge >= 0.3 is 0 Å². The van der Waals surface area contributed by atoms with Crippen molar-refractivity contribution >= 4 is 23.1 Å². The fraction of sp³-hybridized carbons (Fsp3) is 0.150. The molecule has 0 unspecified atom stereocenters. The molecule has 0 aliphatic heterocycles. The van der Waals surface area contributed by atoms with Gasteiger partial charge in [0.1, 0.15) is 0 Å². The van der Waals surface area contributed by atoms with Crippen LogP contribution in [0.2, 0.25) is 0 Å². The Kier molecular flexibility index (Phi) is 4.75. The van der Waals surface area contributed by atoms with Gasteiger partial charge in [-0.05, 0) is 61.7 Å². The molecule has 3 rings (SSSR count). The van der Waals surface area contributed by atoms with Gasteiger partial charge in [-0.3, -0.25) is 4.79 Å². The van der Waals surface area contributed by atoms with E-state index in [1.807, 2.05) is 63.2 Å². The molecule has 0 spiro atoms. The molecule has 0 bridgehead atoms. The quantitative estimate of drug-likeness (QED) is 0.743. The zero-order valence-electron chi connectivity index (χ0n) is 14.5. The number of carbonyl (C=O) groups excluding carboxylic acids is 1. The molecule has 3 aromatic rings. The average Bonchev–Trinajstić information content (AvgIpc) is 2.61. The Hall–Kier alpha value is -3.21. The van der Waals surface area contributed by atoms with Gasteiger partial charge in [-0.15, -0.1) is 10.2 Å². The van der Waals surface area contributed by atoms with Crippen LogP contribution in [0.3, 0.4) is 0 Å². The van der Waals surface area contributed by atoms with E-state index in [1.54, 1.807) is 12.1 Å². The van der Waals surface area contributed by atoms with Crippen LogP contribution in [0.15, 0.2) is 54.6 Å². The summed E-state index contributed by atoms with van der Waals surface area (Å²) in [6.45, 7) is 6.00. The van der Waals surface area contributed by atoms with E-state index in [4.69, 9.17) is 0 Å². The largest absolute Gasteiger partial charge is 0.339 e. The summed E-state index contributed by atoms with van der Waals surface area (Å²) in [7, 11) is 0. The summed E-state index contributed by atoms with van der Waals surface area (Å²) >= 11 is 0. The van der Waals surface area contributed by atoms with Gasteiger partial charge in [-0.2, -0.15) is 0 Å². The third-order valence-corrected chi connectivity index (χ3v) is 4.16. The van der Waals surface area contributed by atoms with Crippen molar-refractivity contribution in [2.45, 2.75) is 20.8 Å². The van der Waals surface area contributed by atoms with Crippen molar-refractivity contribution in [2.24, 2.45) is 0 Å². The molecule has 25 heavy (non-hydrogen) atoms. The van der Waals surface area contributed by atoms with Crippen LogP contribution in [-0.2, 0) is 0 Å². The lowest BCUT2D eigenvalue weighted by Gasteiger charge is -2.10. The number of para-hydroxylation sites is 1. The van der Waals surface area contributed by atoms with Crippen molar-refractivity contribution < 1.29 is 4.79 Å². The average molecular weight is 332 g/mol. The Balaban J connectivity index is 1.72. The molecule has 0 atom stereocenters. The number of amides is 1. The minimum absolute atomic E-state index is 0.274. The second-order valence-electron chi connectivity index (χ2n) is 5.95. The summed E-state index contributed by atoms with van der Waals surface area (Å²) in [4.78, 5) is 12.4. The molecule has 1 aromatic heterocycles. The number of hydrogen-bond acceptors (Lipinski definition) is 4. The molecule has 5 nitrogen and oxygen atoms in total. The maximum absolute atomic E-state index is 12.4. The number of hydrogen-bond donors (Lipinski definition) is 2. The van der Waals surface area contributed by atoms with Crippen molar-refractivity contribution in [1.29, 1.82) is 0 Å². The highest BCUT2D eigenvalue weighted by molar-refractivity contribution is 6.03. The minimum Gasteiger partial charge on any atom is -0.339 e. The molecule has 1 heterocycles. The SMILES string of the molecule is Cc1ccccc1Nc1ccc(C(=O)Nc2cccc(C)c2C)nn1. The van der Waals surface area contributed by atoms with E-state index < -0.39 is 0 Å². The van der Waals surface area contributed by atoms with Gasteiger partial charge in [0.05, 0.1) is 0 Å². The first-order chi connectivity index (χ1) is 12.0. The van der Waals surface area contributed by atoms with Crippen LogP contribution in [0.4, 0.5) is 17.2 Å². The first-order valence-electron chi connectivity index (χ1n) is 8.08. The Labute approximate surface area is 147 Å².